The summed E-state index contributed by atoms with van der Waals surface area (Å²) in [6, 6.07) is 0. The van der Waals surface area contributed by atoms with Crippen molar-refractivity contribution in [3.8, 4) is 0 Å². The van der Waals surface area contributed by atoms with Gasteiger partial charge in [0, 0.05) is 9.88 Å². The van der Waals surface area contributed by atoms with Crippen molar-refractivity contribution in [2.45, 2.75) is 96.8 Å². The van der Waals surface area contributed by atoms with E-state index in [1.54, 1.807) is 0 Å². The molecule has 0 saturated heterocycles. The summed E-state index contributed by atoms with van der Waals surface area (Å²) in [5, 5.41) is 0. The van der Waals surface area contributed by atoms with E-state index >= 15 is 0 Å². The average molecular weight is 333 g/mol. The van der Waals surface area contributed by atoms with Gasteiger partial charge in [-0.1, -0.05) is 96.8 Å². The molecule has 0 amide bonds. The quantitative estimate of drug-likeness (QED) is 0.396. The van der Waals surface area contributed by atoms with Crippen molar-refractivity contribution in [1.29, 1.82) is 0 Å². The molecule has 0 fully saturated rings. The molecule has 0 aliphatic heterocycles. The molecule has 0 aromatic heterocycles. The van der Waals surface area contributed by atoms with E-state index in [1.165, 1.54) is 12.8 Å². The lowest BCUT2D eigenvalue weighted by Crippen LogP contribution is -2.32. The predicted octanol–water partition coefficient (Wildman–Crippen LogP) is 8.66. The predicted molar refractivity (Wildman–Crippen MR) is 112 cm³/mol. The van der Waals surface area contributed by atoms with E-state index in [-0.39, 0.29) is 16.2 Å². The Morgan fingerprint density at radius 3 is 1.00 bits per heavy atom. The largest absolute Gasteiger partial charge is 0.0776 e. The third-order valence-corrected chi connectivity index (χ3v) is 7.23. The van der Waals surface area contributed by atoms with Crippen LogP contribution in [0.25, 0.3) is 0 Å². The van der Waals surface area contributed by atoms with Gasteiger partial charge >= 0.3 is 0 Å². The molecule has 0 nitrogen and oxygen atoms in total. The molecule has 0 saturated carbocycles. The van der Waals surface area contributed by atoms with Crippen molar-refractivity contribution < 1.29 is 9.88 Å². The van der Waals surface area contributed by atoms with Crippen LogP contribution in [0.15, 0.2) is 0 Å². The van der Waals surface area contributed by atoms with Crippen molar-refractivity contribution in [2.75, 3.05) is 0 Å². The zero-order chi connectivity index (χ0) is 23.4. The number of hydrogen-bond donors (Lipinski definition) is 0. The van der Waals surface area contributed by atoms with Gasteiger partial charge in [-0.25, -0.2) is 0 Å². The van der Waals surface area contributed by atoms with Crippen LogP contribution in [-0.2, 0) is 0 Å². The van der Waals surface area contributed by atoms with Crippen molar-refractivity contribution in [1.82, 2.24) is 0 Å². The van der Waals surface area contributed by atoms with Crippen LogP contribution >= 0.6 is 0 Å². The first-order valence-electron chi connectivity index (χ1n) is 13.0. The van der Waals surface area contributed by atoms with Crippen LogP contribution in [0.3, 0.4) is 0 Å². The lowest BCUT2D eigenvalue weighted by atomic mass is 9.67. The molecular weight excluding hydrogens is 264 g/mol. The van der Waals surface area contributed by atoms with Crippen LogP contribution in [-0.4, -0.2) is 0 Å². The highest BCUT2D eigenvalue weighted by atomic mass is 14.4. The van der Waals surface area contributed by atoms with Gasteiger partial charge < -0.3 is 0 Å². The molecule has 0 aliphatic carbocycles. The molecule has 0 spiro atoms. The second kappa shape index (κ2) is 12.4. The second-order valence-electron chi connectivity index (χ2n) is 7.93. The Hall–Kier alpha value is 0. The molecule has 0 radical (unpaired) electrons. The van der Waals surface area contributed by atoms with Crippen molar-refractivity contribution >= 4 is 0 Å². The Labute approximate surface area is 155 Å². The zero-order valence-corrected chi connectivity index (χ0v) is 17.4. The summed E-state index contributed by atoms with van der Waals surface area (Å²) >= 11 is 0. The topological polar surface area (TPSA) is 0 Å². The molecule has 142 valence electrons. The van der Waals surface area contributed by atoms with Crippen LogP contribution in [0.1, 0.15) is 107 Å². The summed E-state index contributed by atoms with van der Waals surface area (Å²) < 4.78 is 33.5. The van der Waals surface area contributed by atoms with Crippen LogP contribution in [0.4, 0.5) is 0 Å². The van der Waals surface area contributed by atoms with Crippen molar-refractivity contribution in [3.05, 3.63) is 0 Å². The van der Waals surface area contributed by atoms with Gasteiger partial charge in [0.15, 0.2) is 0 Å². The molecular formula is C22H54. The van der Waals surface area contributed by atoms with Gasteiger partial charge in [0.1, 0.15) is 0 Å². The summed E-state index contributed by atoms with van der Waals surface area (Å²) in [5.74, 6) is 6.66. The highest BCUT2D eigenvalue weighted by molar-refractivity contribution is 4.80. The molecule has 0 aliphatic rings. The standard InChI is InChI=1S/C20H42.2CH4.2H2/c1-11-13(3)15(5)17(7)19(9)20(10)18(8)16(6)14(4)12-2;;;;/h13-20H,11-12H2,1-10H3;2*1H4;2*1H/i;2*1T2;1+2T;1+2. The maximum Gasteiger partial charge on any atom is 0.0194 e. The Morgan fingerprint density at radius 2 is 0.818 bits per heavy atom. The smallest absolute Gasteiger partial charge is 0.0194 e. The molecule has 0 aromatic carbocycles. The molecule has 0 rings (SSSR count). The highest BCUT2D eigenvalue weighted by Crippen LogP contribution is 2.38. The minimum atomic E-state index is -0.250. The van der Waals surface area contributed by atoms with Crippen LogP contribution in [0.5, 0.6) is 0 Å². The maximum atomic E-state index is 5.88. The Balaban J connectivity index is -0.000000184. The lowest BCUT2D eigenvalue weighted by molar-refractivity contribution is 0.101. The van der Waals surface area contributed by atoms with E-state index in [4.69, 9.17) is 8.45 Å². The molecule has 8 unspecified atom stereocenters. The fourth-order valence-electron chi connectivity index (χ4n) is 3.70. The Morgan fingerprint density at radius 1 is 0.636 bits per heavy atom. The van der Waals surface area contributed by atoms with Crippen LogP contribution in [0, 0.1) is 47.3 Å². The van der Waals surface area contributed by atoms with E-state index in [0.29, 0.717) is 0 Å². The normalized spacial score (nSPS) is 24.3. The van der Waals surface area contributed by atoms with E-state index in [9.17, 15) is 0 Å². The van der Waals surface area contributed by atoms with E-state index in [2.05, 4.69) is 69.2 Å². The van der Waals surface area contributed by atoms with Gasteiger partial charge in [-0.05, 0) is 47.3 Å². The molecule has 0 heterocycles. The minimum absolute atomic E-state index is 0. The highest BCUT2D eigenvalue weighted by Gasteiger charge is 2.31. The van der Waals surface area contributed by atoms with Gasteiger partial charge in [0.05, 0.1) is 0 Å². The second-order valence-corrected chi connectivity index (χ2v) is 7.93. The molecule has 22 heavy (non-hydrogen) atoms. The monoisotopic (exact) mass is 332 g/mol. The Kier molecular flexibility index (Phi) is 9.51. The van der Waals surface area contributed by atoms with Crippen molar-refractivity contribution in [3.63, 3.8) is 0 Å². The fourth-order valence-corrected chi connectivity index (χ4v) is 3.70. The summed E-state index contributed by atoms with van der Waals surface area (Å²) in [6.07, 6.45) is 2.62. The van der Waals surface area contributed by atoms with Gasteiger partial charge in [-0.2, -0.15) is 0 Å². The summed E-state index contributed by atoms with van der Waals surface area (Å²) in [7, 11) is -0.500. The summed E-state index contributed by atoms with van der Waals surface area (Å²) in [6.45, 7) is 24.4. The SMILES string of the molecule is CCC(C)C(C)C(C)C(C)C(C)C(C)C(C)C(C)CC.[3HH].[3H]C[3H].[3H]C[3H].[3H][3H]. The maximum absolute atomic E-state index is 5.88. The van der Waals surface area contributed by atoms with E-state index < -0.39 is 0 Å². The van der Waals surface area contributed by atoms with E-state index in [0.717, 1.165) is 47.3 Å². The summed E-state index contributed by atoms with van der Waals surface area (Å²) in [5.41, 5.74) is 0. The summed E-state index contributed by atoms with van der Waals surface area (Å²) in [4.78, 5) is 0. The molecule has 0 aromatic rings. The third kappa shape index (κ3) is 7.05. The first-order chi connectivity index (χ1) is 13.0. The minimum Gasteiger partial charge on any atom is -0.0776 e. The van der Waals surface area contributed by atoms with Gasteiger partial charge in [0.2, 0.25) is 0 Å². The molecule has 8 atom stereocenters. The Bertz CT molecular complexity index is 264. The zero-order valence-electron chi connectivity index (χ0n) is 23.4. The number of rotatable bonds is 9. The first-order valence-corrected chi connectivity index (χ1v) is 9.18. The molecule has 0 bridgehead atoms. The molecule has 0 N–H and O–H groups in total. The van der Waals surface area contributed by atoms with Crippen LogP contribution in [0.2, 0.25) is 0 Å². The third-order valence-electron chi connectivity index (χ3n) is 7.23. The first kappa shape index (κ1) is 16.8. The lowest BCUT2D eigenvalue weighted by Gasteiger charge is -2.39. The van der Waals surface area contributed by atoms with Gasteiger partial charge in [-0.15, -0.1) is 0 Å². The molecule has 0 heteroatoms. The van der Waals surface area contributed by atoms with Crippen molar-refractivity contribution in [2.24, 2.45) is 47.3 Å². The average Bonchev–Trinajstić information content (AvgIpc) is 2.71. The fraction of sp³-hybridized carbons (Fsp3) is 1.00. The van der Waals surface area contributed by atoms with Gasteiger partial charge in [0.25, 0.3) is 0 Å². The number of hydrogen-bond acceptors (Lipinski definition) is 0. The van der Waals surface area contributed by atoms with Gasteiger partial charge in [-0.3, -0.25) is 0 Å². The van der Waals surface area contributed by atoms with Crippen LogP contribution < -0.4 is 0 Å². The van der Waals surface area contributed by atoms with E-state index in [1.807, 2.05) is 0 Å².